The van der Waals surface area contributed by atoms with Crippen molar-refractivity contribution in [1.29, 1.82) is 0 Å². The predicted molar refractivity (Wildman–Crippen MR) is 140 cm³/mol. The van der Waals surface area contributed by atoms with Crippen LogP contribution in [0.15, 0.2) is 84.9 Å². The zero-order chi connectivity index (χ0) is 22.4. The summed E-state index contributed by atoms with van der Waals surface area (Å²) in [5.74, 6) is 0. The highest BCUT2D eigenvalue weighted by Crippen LogP contribution is 2.30. The van der Waals surface area contributed by atoms with Gasteiger partial charge in [0.25, 0.3) is 0 Å². The Morgan fingerprint density at radius 3 is 1.42 bits per heavy atom. The van der Waals surface area contributed by atoms with Gasteiger partial charge in [-0.05, 0) is 46.5 Å². The van der Waals surface area contributed by atoms with Crippen molar-refractivity contribution < 1.29 is 0 Å². The van der Waals surface area contributed by atoms with E-state index in [1.54, 1.807) is 11.3 Å². The predicted octanol–water partition coefficient (Wildman–Crippen LogP) is 7.80. The minimum absolute atomic E-state index is 0.783. The van der Waals surface area contributed by atoms with Crippen LogP contribution in [0.3, 0.4) is 0 Å². The second-order valence-corrected chi connectivity index (χ2v) is 10.2. The van der Waals surface area contributed by atoms with Crippen LogP contribution in [0.4, 0.5) is 0 Å². The first-order chi connectivity index (χ1) is 16.1. The molecule has 6 aromatic rings. The number of nitrogens with zero attached hydrogens (tertiary/aromatic N) is 2. The van der Waals surface area contributed by atoms with E-state index in [9.17, 15) is 0 Å². The number of thiophene rings is 1. The average molecular weight is 445 g/mol. The van der Waals surface area contributed by atoms with Gasteiger partial charge in [-0.1, -0.05) is 84.9 Å². The topological polar surface area (TPSA) is 25.8 Å². The minimum atomic E-state index is 0.783. The second kappa shape index (κ2) is 8.09. The van der Waals surface area contributed by atoms with E-state index in [1.165, 1.54) is 42.4 Å². The third-order valence-corrected chi connectivity index (χ3v) is 7.39. The van der Waals surface area contributed by atoms with Crippen molar-refractivity contribution in [2.75, 3.05) is 0 Å². The molecule has 0 aliphatic carbocycles. The van der Waals surface area contributed by atoms with Crippen LogP contribution in [0, 0.1) is 13.8 Å². The van der Waals surface area contributed by atoms with Gasteiger partial charge >= 0.3 is 0 Å². The number of fused-ring (bicyclic) bond motifs is 3. The Balaban J connectivity index is 1.45. The van der Waals surface area contributed by atoms with Gasteiger partial charge in [0.2, 0.25) is 0 Å². The molecule has 160 valence electrons. The first-order valence-electron chi connectivity index (χ1n) is 11.3. The normalized spacial score (nSPS) is 11.6. The van der Waals surface area contributed by atoms with Crippen molar-refractivity contribution in [2.24, 2.45) is 0 Å². The number of aromatic nitrogens is 2. The van der Waals surface area contributed by atoms with E-state index in [-0.39, 0.29) is 0 Å². The molecule has 2 nitrogen and oxygen atoms in total. The molecule has 0 unspecified atom stereocenters. The Labute approximate surface area is 197 Å². The van der Waals surface area contributed by atoms with Gasteiger partial charge in [0.1, 0.15) is 11.0 Å². The van der Waals surface area contributed by atoms with Crippen LogP contribution < -0.4 is 0 Å². The van der Waals surface area contributed by atoms with Crippen molar-refractivity contribution in [3.8, 4) is 0 Å². The summed E-state index contributed by atoms with van der Waals surface area (Å²) < 4.78 is 0. The SMILES string of the molecule is Cc1sc(C)c2nc(Cc3ccc4ccccc4c3)c(Cc3ccc4ccccc4c3)nc12. The van der Waals surface area contributed by atoms with Crippen LogP contribution in [0.5, 0.6) is 0 Å². The molecule has 0 aliphatic rings. The molecule has 6 rings (SSSR count). The van der Waals surface area contributed by atoms with Gasteiger partial charge in [-0.2, -0.15) is 0 Å². The smallest absolute Gasteiger partial charge is 0.103 e. The molecule has 0 fully saturated rings. The molecule has 2 aromatic heterocycles. The Morgan fingerprint density at radius 1 is 0.545 bits per heavy atom. The van der Waals surface area contributed by atoms with Crippen LogP contribution in [0.25, 0.3) is 32.6 Å². The Kier molecular flexibility index (Phi) is 4.92. The fourth-order valence-electron chi connectivity index (χ4n) is 4.69. The number of aryl methyl sites for hydroxylation is 2. The second-order valence-electron chi connectivity index (χ2n) is 8.75. The van der Waals surface area contributed by atoms with Gasteiger partial charge in [0, 0.05) is 22.6 Å². The van der Waals surface area contributed by atoms with E-state index in [4.69, 9.17) is 9.97 Å². The lowest BCUT2D eigenvalue weighted by Gasteiger charge is -2.11. The minimum Gasteiger partial charge on any atom is -0.248 e. The van der Waals surface area contributed by atoms with Gasteiger partial charge in [-0.3, -0.25) is 0 Å². The zero-order valence-electron chi connectivity index (χ0n) is 18.8. The molecule has 0 saturated heterocycles. The largest absolute Gasteiger partial charge is 0.248 e. The Bertz CT molecular complexity index is 1520. The average Bonchev–Trinajstić information content (AvgIpc) is 3.11. The molecule has 0 amide bonds. The van der Waals surface area contributed by atoms with Crippen molar-refractivity contribution >= 4 is 43.9 Å². The molecule has 0 radical (unpaired) electrons. The molecular formula is C30H24N2S. The third-order valence-electron chi connectivity index (χ3n) is 6.39. The lowest BCUT2D eigenvalue weighted by atomic mass is 9.99. The fourth-order valence-corrected chi connectivity index (χ4v) is 5.63. The van der Waals surface area contributed by atoms with Gasteiger partial charge in [0.05, 0.1) is 11.4 Å². The van der Waals surface area contributed by atoms with Crippen molar-refractivity contribution in [3.05, 3.63) is 117 Å². The van der Waals surface area contributed by atoms with Crippen LogP contribution >= 0.6 is 11.3 Å². The lowest BCUT2D eigenvalue weighted by molar-refractivity contribution is 0.970. The fraction of sp³-hybridized carbons (Fsp3) is 0.133. The molecule has 0 bridgehead atoms. The maximum atomic E-state index is 5.18. The van der Waals surface area contributed by atoms with Crippen LogP contribution in [0.2, 0.25) is 0 Å². The summed E-state index contributed by atoms with van der Waals surface area (Å²) in [6.07, 6.45) is 1.57. The molecule has 2 heterocycles. The van der Waals surface area contributed by atoms with E-state index >= 15 is 0 Å². The number of hydrogen-bond donors (Lipinski definition) is 0. The van der Waals surface area contributed by atoms with Gasteiger partial charge < -0.3 is 0 Å². The molecule has 0 aliphatic heterocycles. The quantitative estimate of drug-likeness (QED) is 0.277. The van der Waals surface area contributed by atoms with Crippen molar-refractivity contribution in [2.45, 2.75) is 26.7 Å². The molecule has 0 saturated carbocycles. The molecule has 4 aromatic carbocycles. The maximum Gasteiger partial charge on any atom is 0.103 e. The third kappa shape index (κ3) is 3.79. The van der Waals surface area contributed by atoms with Crippen LogP contribution in [-0.2, 0) is 12.8 Å². The maximum absolute atomic E-state index is 5.18. The van der Waals surface area contributed by atoms with Gasteiger partial charge in [-0.25, -0.2) is 9.97 Å². The number of hydrogen-bond acceptors (Lipinski definition) is 3. The highest BCUT2D eigenvalue weighted by atomic mass is 32.1. The highest BCUT2D eigenvalue weighted by Gasteiger charge is 2.15. The van der Waals surface area contributed by atoms with Crippen molar-refractivity contribution in [3.63, 3.8) is 0 Å². The number of rotatable bonds is 4. The van der Waals surface area contributed by atoms with E-state index < -0.39 is 0 Å². The molecule has 0 spiro atoms. The van der Waals surface area contributed by atoms with Gasteiger partial charge in [-0.15, -0.1) is 11.3 Å². The number of benzene rings is 4. The standard InChI is InChI=1S/C30H24N2S/c1-19-29-30(20(2)33-19)32-28(18-22-12-14-24-8-4-6-10-26(24)16-22)27(31-29)17-21-11-13-23-7-3-5-9-25(23)15-21/h3-16H,17-18H2,1-2H3. The first kappa shape index (κ1) is 20.1. The summed E-state index contributed by atoms with van der Waals surface area (Å²) in [6.45, 7) is 4.30. The lowest BCUT2D eigenvalue weighted by Crippen LogP contribution is -2.04. The summed E-state index contributed by atoms with van der Waals surface area (Å²) in [7, 11) is 0. The Hall–Kier alpha value is -3.56. The van der Waals surface area contributed by atoms with Crippen LogP contribution in [0.1, 0.15) is 32.3 Å². The van der Waals surface area contributed by atoms with E-state index in [0.29, 0.717) is 0 Å². The highest BCUT2D eigenvalue weighted by molar-refractivity contribution is 7.13. The Morgan fingerprint density at radius 2 is 0.970 bits per heavy atom. The first-order valence-corrected chi connectivity index (χ1v) is 12.2. The van der Waals surface area contributed by atoms with E-state index in [2.05, 4.69) is 98.8 Å². The molecular weight excluding hydrogens is 420 g/mol. The zero-order valence-corrected chi connectivity index (χ0v) is 19.6. The summed E-state index contributed by atoms with van der Waals surface area (Å²) in [5, 5.41) is 5.07. The monoisotopic (exact) mass is 444 g/mol. The van der Waals surface area contributed by atoms with E-state index in [1.807, 2.05) is 0 Å². The molecule has 33 heavy (non-hydrogen) atoms. The molecule has 3 heteroatoms. The summed E-state index contributed by atoms with van der Waals surface area (Å²) in [5.41, 5.74) is 6.79. The summed E-state index contributed by atoms with van der Waals surface area (Å²) in [4.78, 5) is 12.8. The summed E-state index contributed by atoms with van der Waals surface area (Å²) >= 11 is 1.79. The van der Waals surface area contributed by atoms with Crippen molar-refractivity contribution in [1.82, 2.24) is 9.97 Å². The molecule has 0 N–H and O–H groups in total. The van der Waals surface area contributed by atoms with Crippen LogP contribution in [-0.4, -0.2) is 9.97 Å². The summed E-state index contributed by atoms with van der Waals surface area (Å²) in [6, 6.07) is 30.5. The molecule has 0 atom stereocenters. The van der Waals surface area contributed by atoms with Gasteiger partial charge in [0.15, 0.2) is 0 Å². The van der Waals surface area contributed by atoms with E-state index in [0.717, 1.165) is 35.3 Å².